The van der Waals surface area contributed by atoms with Gasteiger partial charge in [0.1, 0.15) is 6.61 Å². The van der Waals surface area contributed by atoms with E-state index in [1.54, 1.807) is 0 Å². The molecule has 0 bridgehead atoms. The van der Waals surface area contributed by atoms with Gasteiger partial charge in [-0.05, 0) is 19.1 Å². The molecule has 0 amide bonds. The second kappa shape index (κ2) is 5.12. The quantitative estimate of drug-likeness (QED) is 0.569. The SMILES string of the molecule is CC(Br)COC(=O)C1CCSC1. The summed E-state index contributed by atoms with van der Waals surface area (Å²) < 4.78 is 5.09. The third-order valence-corrected chi connectivity index (χ3v) is 3.15. The van der Waals surface area contributed by atoms with Crippen LogP contribution in [0.25, 0.3) is 0 Å². The first-order chi connectivity index (χ1) is 5.70. The molecule has 2 atom stereocenters. The minimum absolute atomic E-state index is 0.0219. The van der Waals surface area contributed by atoms with E-state index in [2.05, 4.69) is 15.9 Å². The number of halogens is 1. The largest absolute Gasteiger partial charge is 0.464 e. The van der Waals surface area contributed by atoms with Crippen LogP contribution in [0.3, 0.4) is 0 Å². The van der Waals surface area contributed by atoms with Gasteiger partial charge in [-0.25, -0.2) is 0 Å². The van der Waals surface area contributed by atoms with E-state index >= 15 is 0 Å². The van der Waals surface area contributed by atoms with Crippen LogP contribution in [0.15, 0.2) is 0 Å². The molecule has 1 rings (SSSR count). The molecule has 0 aliphatic carbocycles. The van der Waals surface area contributed by atoms with Gasteiger partial charge >= 0.3 is 5.97 Å². The molecule has 0 saturated carbocycles. The Morgan fingerprint density at radius 3 is 3.08 bits per heavy atom. The van der Waals surface area contributed by atoms with Crippen LogP contribution in [0.1, 0.15) is 13.3 Å². The number of carbonyl (C=O) groups is 1. The van der Waals surface area contributed by atoms with Crippen molar-refractivity contribution >= 4 is 33.7 Å². The normalized spacial score (nSPS) is 25.3. The van der Waals surface area contributed by atoms with Crippen LogP contribution in [0.2, 0.25) is 0 Å². The molecule has 1 fully saturated rings. The van der Waals surface area contributed by atoms with Crippen molar-refractivity contribution in [1.82, 2.24) is 0 Å². The summed E-state index contributed by atoms with van der Waals surface area (Å²) in [7, 11) is 0. The highest BCUT2D eigenvalue weighted by Crippen LogP contribution is 2.24. The molecule has 0 aromatic heterocycles. The van der Waals surface area contributed by atoms with Gasteiger partial charge in [0.15, 0.2) is 0 Å². The van der Waals surface area contributed by atoms with Gasteiger partial charge in [-0.1, -0.05) is 15.9 Å². The lowest BCUT2D eigenvalue weighted by molar-refractivity contribution is -0.147. The van der Waals surface area contributed by atoms with Crippen LogP contribution >= 0.6 is 27.7 Å². The third kappa shape index (κ3) is 3.35. The molecule has 0 aromatic carbocycles. The lowest BCUT2D eigenvalue weighted by Gasteiger charge is -2.09. The predicted molar refractivity (Wildman–Crippen MR) is 54.8 cm³/mol. The summed E-state index contributed by atoms with van der Waals surface area (Å²) in [5.74, 6) is 2.17. The first-order valence-corrected chi connectivity index (χ1v) is 6.15. The van der Waals surface area contributed by atoms with Crippen molar-refractivity contribution in [3.05, 3.63) is 0 Å². The average Bonchev–Trinajstić information content (AvgIpc) is 2.51. The van der Waals surface area contributed by atoms with Crippen molar-refractivity contribution < 1.29 is 9.53 Å². The van der Waals surface area contributed by atoms with E-state index in [-0.39, 0.29) is 16.7 Å². The molecule has 0 aromatic rings. The number of esters is 1. The van der Waals surface area contributed by atoms with Gasteiger partial charge in [0.05, 0.1) is 5.92 Å². The van der Waals surface area contributed by atoms with Gasteiger partial charge in [0.2, 0.25) is 0 Å². The summed E-state index contributed by atoms with van der Waals surface area (Å²) in [6.07, 6.45) is 0.986. The number of rotatable bonds is 3. The van der Waals surface area contributed by atoms with Crippen molar-refractivity contribution in [2.45, 2.75) is 18.2 Å². The number of thioether (sulfide) groups is 1. The van der Waals surface area contributed by atoms with Crippen molar-refractivity contribution in [2.75, 3.05) is 18.1 Å². The van der Waals surface area contributed by atoms with Crippen molar-refractivity contribution in [3.8, 4) is 0 Å². The number of carbonyl (C=O) groups excluding carboxylic acids is 1. The molecule has 1 heterocycles. The molecule has 0 N–H and O–H groups in total. The van der Waals surface area contributed by atoms with Gasteiger partial charge in [0.25, 0.3) is 0 Å². The number of alkyl halides is 1. The molecule has 0 radical (unpaired) electrons. The van der Waals surface area contributed by atoms with Gasteiger partial charge in [-0.15, -0.1) is 0 Å². The fourth-order valence-electron chi connectivity index (χ4n) is 1.04. The number of hydrogen-bond donors (Lipinski definition) is 0. The Balaban J connectivity index is 2.18. The molecule has 12 heavy (non-hydrogen) atoms. The predicted octanol–water partition coefficient (Wildman–Crippen LogP) is 2.07. The highest BCUT2D eigenvalue weighted by molar-refractivity contribution is 9.09. The Labute approximate surface area is 85.6 Å². The Hall–Kier alpha value is 0.300. The van der Waals surface area contributed by atoms with Crippen LogP contribution < -0.4 is 0 Å². The van der Waals surface area contributed by atoms with Crippen molar-refractivity contribution in [3.63, 3.8) is 0 Å². The fraction of sp³-hybridized carbons (Fsp3) is 0.875. The highest BCUT2D eigenvalue weighted by Gasteiger charge is 2.24. The van der Waals surface area contributed by atoms with E-state index in [0.717, 1.165) is 17.9 Å². The maximum absolute atomic E-state index is 11.3. The Morgan fingerprint density at radius 1 is 1.83 bits per heavy atom. The van der Waals surface area contributed by atoms with Crippen molar-refractivity contribution in [2.24, 2.45) is 5.92 Å². The summed E-state index contributed by atoms with van der Waals surface area (Å²) in [6.45, 7) is 2.46. The lowest BCUT2D eigenvalue weighted by atomic mass is 10.1. The third-order valence-electron chi connectivity index (χ3n) is 1.72. The van der Waals surface area contributed by atoms with E-state index in [4.69, 9.17) is 4.74 Å². The van der Waals surface area contributed by atoms with Crippen molar-refractivity contribution in [1.29, 1.82) is 0 Å². The first-order valence-electron chi connectivity index (χ1n) is 4.08. The summed E-state index contributed by atoms with van der Waals surface area (Å²) in [6, 6.07) is 0. The molecule has 1 saturated heterocycles. The van der Waals surface area contributed by atoms with E-state index in [9.17, 15) is 4.79 Å². The standard InChI is InChI=1S/C8H13BrO2S/c1-6(9)4-11-8(10)7-2-3-12-5-7/h6-7H,2-5H2,1H3. The summed E-state index contributed by atoms with van der Waals surface area (Å²) >= 11 is 5.16. The molecule has 70 valence electrons. The van der Waals surface area contributed by atoms with Gasteiger partial charge < -0.3 is 4.74 Å². The molecule has 0 spiro atoms. The lowest BCUT2D eigenvalue weighted by Crippen LogP contribution is -2.19. The van der Waals surface area contributed by atoms with E-state index in [0.29, 0.717) is 6.61 Å². The molecule has 1 aliphatic heterocycles. The summed E-state index contributed by atoms with van der Waals surface area (Å²) in [5, 5.41) is 0. The smallest absolute Gasteiger partial charge is 0.309 e. The number of hydrogen-bond acceptors (Lipinski definition) is 3. The minimum atomic E-state index is -0.0219. The molecule has 1 aliphatic rings. The van der Waals surface area contributed by atoms with Crippen LogP contribution in [0.4, 0.5) is 0 Å². The maximum Gasteiger partial charge on any atom is 0.309 e. The number of ether oxygens (including phenoxy) is 1. The molecular formula is C8H13BrO2S. The molecule has 2 nitrogen and oxygen atoms in total. The van der Waals surface area contributed by atoms with Crippen LogP contribution in [0, 0.1) is 5.92 Å². The first kappa shape index (κ1) is 10.4. The Kier molecular flexibility index (Phi) is 4.43. The zero-order chi connectivity index (χ0) is 8.97. The topological polar surface area (TPSA) is 26.3 Å². The minimum Gasteiger partial charge on any atom is -0.464 e. The second-order valence-corrected chi connectivity index (χ2v) is 5.68. The highest BCUT2D eigenvalue weighted by atomic mass is 79.9. The van der Waals surface area contributed by atoms with Crippen LogP contribution in [-0.2, 0) is 9.53 Å². The zero-order valence-corrected chi connectivity index (χ0v) is 9.49. The molecule has 2 unspecified atom stereocenters. The van der Waals surface area contributed by atoms with Crippen LogP contribution in [0.5, 0.6) is 0 Å². The fourth-order valence-corrected chi connectivity index (χ4v) is 2.37. The van der Waals surface area contributed by atoms with Gasteiger partial charge in [0, 0.05) is 10.6 Å². The summed E-state index contributed by atoms with van der Waals surface area (Å²) in [5.41, 5.74) is 0. The monoisotopic (exact) mass is 252 g/mol. The van der Waals surface area contributed by atoms with E-state index < -0.39 is 0 Å². The Morgan fingerprint density at radius 2 is 2.58 bits per heavy atom. The van der Waals surface area contributed by atoms with E-state index in [1.807, 2.05) is 18.7 Å². The summed E-state index contributed by atoms with van der Waals surface area (Å²) in [4.78, 5) is 11.6. The Bertz CT molecular complexity index is 155. The second-order valence-electron chi connectivity index (χ2n) is 2.97. The van der Waals surface area contributed by atoms with Gasteiger partial charge in [-0.2, -0.15) is 11.8 Å². The molecular weight excluding hydrogens is 240 g/mol. The van der Waals surface area contributed by atoms with Crippen LogP contribution in [-0.4, -0.2) is 28.9 Å². The maximum atomic E-state index is 11.3. The zero-order valence-electron chi connectivity index (χ0n) is 7.09. The van der Waals surface area contributed by atoms with E-state index in [1.165, 1.54) is 0 Å². The average molecular weight is 253 g/mol. The van der Waals surface area contributed by atoms with Gasteiger partial charge in [-0.3, -0.25) is 4.79 Å². The molecule has 4 heteroatoms.